The first-order chi connectivity index (χ1) is 14.4. The van der Waals surface area contributed by atoms with Crippen LogP contribution in [0, 0.1) is 11.8 Å². The maximum absolute atomic E-state index is 12.3. The molecule has 4 rings (SSSR count). The second-order valence-corrected chi connectivity index (χ2v) is 9.02. The molecular formula is C21H26Cl2N6O. The van der Waals surface area contributed by atoms with Crippen molar-refractivity contribution in [2.45, 2.75) is 38.1 Å². The van der Waals surface area contributed by atoms with Crippen LogP contribution in [0.4, 0.5) is 11.8 Å². The highest BCUT2D eigenvalue weighted by Crippen LogP contribution is 2.39. The monoisotopic (exact) mass is 448 g/mol. The molecule has 1 aromatic heterocycles. The van der Waals surface area contributed by atoms with Crippen LogP contribution >= 0.6 is 23.2 Å². The minimum atomic E-state index is -0.695. The predicted octanol–water partition coefficient (Wildman–Crippen LogP) is 3.48. The van der Waals surface area contributed by atoms with E-state index in [1.54, 1.807) is 18.2 Å². The van der Waals surface area contributed by atoms with Crippen LogP contribution < -0.4 is 22.1 Å². The summed E-state index contributed by atoms with van der Waals surface area (Å²) >= 11 is 12.5. The van der Waals surface area contributed by atoms with E-state index in [1.807, 2.05) is 0 Å². The van der Waals surface area contributed by atoms with E-state index in [2.05, 4.69) is 14.9 Å². The van der Waals surface area contributed by atoms with Gasteiger partial charge >= 0.3 is 0 Å². The Hall–Kier alpha value is -2.09. The van der Waals surface area contributed by atoms with Gasteiger partial charge in [0.05, 0.1) is 15.6 Å². The van der Waals surface area contributed by atoms with E-state index in [9.17, 15) is 4.79 Å². The van der Waals surface area contributed by atoms with E-state index in [1.165, 1.54) is 19.3 Å². The molecule has 1 saturated carbocycles. The molecule has 1 aliphatic heterocycles. The van der Waals surface area contributed by atoms with E-state index in [4.69, 9.17) is 40.4 Å². The van der Waals surface area contributed by atoms with Gasteiger partial charge in [0.25, 0.3) is 5.91 Å². The lowest BCUT2D eigenvalue weighted by Gasteiger charge is -2.43. The Morgan fingerprint density at radius 3 is 2.37 bits per heavy atom. The van der Waals surface area contributed by atoms with Gasteiger partial charge in [0.2, 0.25) is 5.95 Å². The van der Waals surface area contributed by atoms with E-state index < -0.39 is 5.91 Å². The SMILES string of the molecule is NC(=O)c1nc(N2C[C@H]3CCCCC[C@@H](C2)[C@@H]3N)nc(N)c1-c1cccc(Cl)c1Cl. The molecule has 1 aromatic carbocycles. The van der Waals surface area contributed by atoms with Gasteiger partial charge in [0.15, 0.2) is 0 Å². The Labute approximate surface area is 185 Å². The van der Waals surface area contributed by atoms with Gasteiger partial charge < -0.3 is 22.1 Å². The number of carbonyl (C=O) groups is 1. The van der Waals surface area contributed by atoms with Crippen LogP contribution in [0.2, 0.25) is 10.0 Å². The lowest BCUT2D eigenvalue weighted by atomic mass is 9.77. The smallest absolute Gasteiger partial charge is 0.268 e. The molecule has 6 N–H and O–H groups in total. The number of amides is 1. The molecule has 9 heteroatoms. The van der Waals surface area contributed by atoms with Crippen LogP contribution in [0.5, 0.6) is 0 Å². The Morgan fingerprint density at radius 2 is 1.73 bits per heavy atom. The van der Waals surface area contributed by atoms with Crippen molar-refractivity contribution < 1.29 is 4.79 Å². The van der Waals surface area contributed by atoms with E-state index >= 15 is 0 Å². The number of halogens is 2. The fourth-order valence-corrected chi connectivity index (χ4v) is 5.13. The van der Waals surface area contributed by atoms with Crippen LogP contribution in [0.25, 0.3) is 11.1 Å². The number of piperidine rings is 1. The zero-order valence-electron chi connectivity index (χ0n) is 16.7. The molecule has 7 nitrogen and oxygen atoms in total. The van der Waals surface area contributed by atoms with Crippen molar-refractivity contribution in [2.24, 2.45) is 23.3 Å². The number of nitrogens with two attached hydrogens (primary N) is 3. The summed E-state index contributed by atoms with van der Waals surface area (Å²) in [5.41, 5.74) is 19.3. The predicted molar refractivity (Wildman–Crippen MR) is 121 cm³/mol. The Balaban J connectivity index is 1.76. The van der Waals surface area contributed by atoms with Crippen molar-refractivity contribution in [2.75, 3.05) is 23.7 Å². The minimum absolute atomic E-state index is 0.0386. The first kappa shape index (κ1) is 21.2. The summed E-state index contributed by atoms with van der Waals surface area (Å²) in [6, 6.07) is 5.28. The quantitative estimate of drug-likeness (QED) is 0.659. The number of nitrogens with zero attached hydrogens (tertiary/aromatic N) is 3. The van der Waals surface area contributed by atoms with Crippen molar-refractivity contribution in [3.63, 3.8) is 0 Å². The molecule has 1 aliphatic carbocycles. The van der Waals surface area contributed by atoms with Crippen molar-refractivity contribution in [1.82, 2.24) is 9.97 Å². The summed E-state index contributed by atoms with van der Waals surface area (Å²) in [7, 11) is 0. The van der Waals surface area contributed by atoms with Gasteiger partial charge in [-0.15, -0.1) is 0 Å². The summed E-state index contributed by atoms with van der Waals surface area (Å²) in [5.74, 6) is 0.596. The first-order valence-corrected chi connectivity index (χ1v) is 11.0. The lowest BCUT2D eigenvalue weighted by molar-refractivity contribution is 0.0996. The van der Waals surface area contributed by atoms with Crippen LogP contribution in [-0.2, 0) is 0 Å². The average molecular weight is 449 g/mol. The average Bonchev–Trinajstić information content (AvgIpc) is 2.71. The van der Waals surface area contributed by atoms with Crippen molar-refractivity contribution in [1.29, 1.82) is 0 Å². The Morgan fingerprint density at radius 1 is 1.07 bits per heavy atom. The molecule has 0 spiro atoms. The summed E-state index contributed by atoms with van der Waals surface area (Å²) in [4.78, 5) is 23.4. The van der Waals surface area contributed by atoms with Gasteiger partial charge in [-0.05, 0) is 30.7 Å². The van der Waals surface area contributed by atoms with Crippen LogP contribution in [0.1, 0.15) is 42.6 Å². The zero-order valence-corrected chi connectivity index (χ0v) is 18.2. The third-order valence-corrected chi connectivity index (χ3v) is 7.13. The summed E-state index contributed by atoms with van der Waals surface area (Å²) in [6.45, 7) is 1.49. The molecule has 3 atom stereocenters. The van der Waals surface area contributed by atoms with Gasteiger partial charge in [0, 0.05) is 24.7 Å². The molecule has 2 fully saturated rings. The van der Waals surface area contributed by atoms with Gasteiger partial charge in [-0.1, -0.05) is 54.6 Å². The standard InChI is InChI=1S/C21H26Cl2N6O/c22-14-8-4-7-13(16(14)23)15-18(20(26)30)27-21(28-19(15)25)29-9-11-5-2-1-3-6-12(10-29)17(11)24/h4,7-8,11-12,17H,1-3,5-6,9-10,24H2,(H2,26,30)(H2,25,27,28)/t11-,12+,17-. The topological polar surface area (TPSA) is 124 Å². The highest BCUT2D eigenvalue weighted by atomic mass is 35.5. The number of hydrogen-bond donors (Lipinski definition) is 3. The molecule has 2 bridgehead atoms. The molecule has 30 heavy (non-hydrogen) atoms. The van der Waals surface area contributed by atoms with E-state index in [0.717, 1.165) is 25.9 Å². The molecular weight excluding hydrogens is 423 g/mol. The Kier molecular flexibility index (Phi) is 6.04. The number of anilines is 2. The molecule has 1 saturated heterocycles. The molecule has 2 aliphatic rings. The van der Waals surface area contributed by atoms with Crippen LogP contribution in [0.3, 0.4) is 0 Å². The number of benzene rings is 1. The maximum Gasteiger partial charge on any atom is 0.268 e. The summed E-state index contributed by atoms with van der Waals surface area (Å²) in [6.07, 6.45) is 5.79. The third-order valence-electron chi connectivity index (χ3n) is 6.31. The van der Waals surface area contributed by atoms with Gasteiger partial charge in [-0.2, -0.15) is 4.98 Å². The second kappa shape index (κ2) is 8.57. The molecule has 0 unspecified atom stereocenters. The fourth-order valence-electron chi connectivity index (χ4n) is 4.74. The van der Waals surface area contributed by atoms with Gasteiger partial charge in [-0.3, -0.25) is 4.79 Å². The molecule has 2 aromatic rings. The molecule has 1 amide bonds. The lowest BCUT2D eigenvalue weighted by Crippen LogP contribution is -2.54. The first-order valence-electron chi connectivity index (χ1n) is 10.3. The second-order valence-electron chi connectivity index (χ2n) is 8.24. The maximum atomic E-state index is 12.3. The number of aromatic nitrogens is 2. The number of fused-ring (bicyclic) bond motifs is 2. The Bertz CT molecular complexity index is 953. The summed E-state index contributed by atoms with van der Waals surface area (Å²) < 4.78 is 0. The number of carbonyl (C=O) groups excluding carboxylic acids is 1. The van der Waals surface area contributed by atoms with Crippen LogP contribution in [0.15, 0.2) is 18.2 Å². The van der Waals surface area contributed by atoms with Crippen molar-refractivity contribution in [3.05, 3.63) is 33.9 Å². The van der Waals surface area contributed by atoms with Crippen molar-refractivity contribution >= 4 is 40.9 Å². The number of rotatable bonds is 3. The minimum Gasteiger partial charge on any atom is -0.383 e. The highest BCUT2D eigenvalue weighted by molar-refractivity contribution is 6.44. The molecule has 160 valence electrons. The zero-order chi connectivity index (χ0) is 21.4. The normalized spacial score (nSPS) is 24.2. The number of nitrogen functional groups attached to an aromatic ring is 1. The largest absolute Gasteiger partial charge is 0.383 e. The molecule has 0 radical (unpaired) electrons. The van der Waals surface area contributed by atoms with Gasteiger partial charge in [0.1, 0.15) is 11.5 Å². The highest BCUT2D eigenvalue weighted by Gasteiger charge is 2.36. The number of hydrogen-bond acceptors (Lipinski definition) is 6. The van der Waals surface area contributed by atoms with E-state index in [0.29, 0.717) is 33.9 Å². The van der Waals surface area contributed by atoms with E-state index in [-0.39, 0.29) is 22.6 Å². The van der Waals surface area contributed by atoms with Gasteiger partial charge in [-0.25, -0.2) is 4.98 Å². The van der Waals surface area contributed by atoms with Crippen LogP contribution in [-0.4, -0.2) is 35.0 Å². The molecule has 2 heterocycles. The number of primary amides is 1. The summed E-state index contributed by atoms with van der Waals surface area (Å²) in [5, 5.41) is 0.620. The van der Waals surface area contributed by atoms with Crippen molar-refractivity contribution in [3.8, 4) is 11.1 Å². The fraction of sp³-hybridized carbons (Fsp3) is 0.476. The third kappa shape index (κ3) is 3.94.